The number of hydrogen-bond acceptors (Lipinski definition) is 8. The molecule has 0 aromatic carbocycles. The molecule has 29 heavy (non-hydrogen) atoms. The molecule has 0 saturated carbocycles. The number of carbonyl (C=O) groups is 1. The van der Waals surface area contributed by atoms with E-state index in [1.807, 2.05) is 19.9 Å². The van der Waals surface area contributed by atoms with Crippen LogP contribution < -0.4 is 10.9 Å². The summed E-state index contributed by atoms with van der Waals surface area (Å²) in [6.07, 6.45) is 4.14. The second-order valence-electron chi connectivity index (χ2n) is 6.18. The average Bonchev–Trinajstić information content (AvgIpc) is 3.33. The molecular formula is C17H16N10O2. The lowest BCUT2D eigenvalue weighted by molar-refractivity contribution is -0.117. The maximum absolute atomic E-state index is 12.4. The van der Waals surface area contributed by atoms with E-state index in [4.69, 9.17) is 0 Å². The van der Waals surface area contributed by atoms with Gasteiger partial charge >= 0.3 is 0 Å². The van der Waals surface area contributed by atoms with Crippen LogP contribution in [0.2, 0.25) is 0 Å². The molecular weight excluding hydrogens is 376 g/mol. The van der Waals surface area contributed by atoms with Crippen LogP contribution in [-0.2, 0) is 11.3 Å². The van der Waals surface area contributed by atoms with Crippen molar-refractivity contribution in [1.29, 1.82) is 0 Å². The van der Waals surface area contributed by atoms with E-state index < -0.39 is 11.5 Å². The summed E-state index contributed by atoms with van der Waals surface area (Å²) in [4.78, 5) is 36.5. The number of rotatable bonds is 5. The first-order chi connectivity index (χ1) is 14.0. The van der Waals surface area contributed by atoms with Crippen LogP contribution in [0.1, 0.15) is 11.4 Å². The largest absolute Gasteiger partial charge is 0.309 e. The van der Waals surface area contributed by atoms with Gasteiger partial charge in [-0.15, -0.1) is 5.10 Å². The molecule has 12 heteroatoms. The summed E-state index contributed by atoms with van der Waals surface area (Å²) >= 11 is 0. The fourth-order valence-electron chi connectivity index (χ4n) is 2.71. The SMILES string of the molecule is Cc1cc(C)n(-c2ccc(=O)n(CC(=O)Nc3cc(-n4cncn4)ncn3)n2)n1. The third-order valence-electron chi connectivity index (χ3n) is 3.95. The van der Waals surface area contributed by atoms with Gasteiger partial charge < -0.3 is 5.32 Å². The van der Waals surface area contributed by atoms with Crippen molar-refractivity contribution in [2.75, 3.05) is 5.32 Å². The van der Waals surface area contributed by atoms with E-state index in [0.29, 0.717) is 11.6 Å². The molecule has 0 fully saturated rings. The predicted molar refractivity (Wildman–Crippen MR) is 101 cm³/mol. The minimum absolute atomic E-state index is 0.262. The number of carbonyl (C=O) groups excluding carboxylic acids is 1. The van der Waals surface area contributed by atoms with E-state index in [0.717, 1.165) is 16.1 Å². The van der Waals surface area contributed by atoms with Crippen molar-refractivity contribution in [3.8, 4) is 11.6 Å². The maximum atomic E-state index is 12.4. The highest BCUT2D eigenvalue weighted by Crippen LogP contribution is 2.09. The molecule has 4 aromatic heterocycles. The highest BCUT2D eigenvalue weighted by molar-refractivity contribution is 5.89. The van der Waals surface area contributed by atoms with Crippen molar-refractivity contribution >= 4 is 11.7 Å². The summed E-state index contributed by atoms with van der Waals surface area (Å²) in [6.45, 7) is 3.46. The van der Waals surface area contributed by atoms with Gasteiger partial charge in [0.25, 0.3) is 5.56 Å². The van der Waals surface area contributed by atoms with E-state index in [1.54, 1.807) is 10.7 Å². The Balaban J connectivity index is 1.53. The molecule has 0 unspecified atom stereocenters. The summed E-state index contributed by atoms with van der Waals surface area (Å²) in [5.41, 5.74) is 1.29. The molecule has 0 aliphatic carbocycles. The molecule has 4 heterocycles. The molecule has 4 aromatic rings. The van der Waals surface area contributed by atoms with Crippen molar-refractivity contribution in [3.63, 3.8) is 0 Å². The molecule has 0 aliphatic rings. The molecule has 0 atom stereocenters. The monoisotopic (exact) mass is 392 g/mol. The summed E-state index contributed by atoms with van der Waals surface area (Å²) in [5.74, 6) is 0.680. The molecule has 0 aliphatic heterocycles. The van der Waals surface area contributed by atoms with Crippen molar-refractivity contribution in [3.05, 3.63) is 65.0 Å². The lowest BCUT2D eigenvalue weighted by Gasteiger charge is -2.09. The Labute approximate surface area is 163 Å². The smallest absolute Gasteiger partial charge is 0.267 e. The van der Waals surface area contributed by atoms with E-state index in [2.05, 4.69) is 35.6 Å². The fraction of sp³-hybridized carbons (Fsp3) is 0.176. The van der Waals surface area contributed by atoms with Gasteiger partial charge in [-0.3, -0.25) is 9.59 Å². The van der Waals surface area contributed by atoms with Gasteiger partial charge in [0.15, 0.2) is 11.6 Å². The predicted octanol–water partition coefficient (Wildman–Crippen LogP) is 0.0552. The van der Waals surface area contributed by atoms with Crippen LogP contribution in [0, 0.1) is 13.8 Å². The number of aryl methyl sites for hydroxylation is 2. The zero-order valence-electron chi connectivity index (χ0n) is 15.6. The fourth-order valence-corrected chi connectivity index (χ4v) is 2.71. The lowest BCUT2D eigenvalue weighted by Crippen LogP contribution is -2.30. The Kier molecular flexibility index (Phi) is 4.65. The van der Waals surface area contributed by atoms with Gasteiger partial charge in [0, 0.05) is 17.8 Å². The van der Waals surface area contributed by atoms with Crippen molar-refractivity contribution < 1.29 is 4.79 Å². The van der Waals surface area contributed by atoms with E-state index in [1.165, 1.54) is 35.8 Å². The molecule has 146 valence electrons. The minimum atomic E-state index is -0.464. The van der Waals surface area contributed by atoms with Gasteiger partial charge in [-0.2, -0.15) is 10.2 Å². The number of aromatic nitrogens is 9. The van der Waals surface area contributed by atoms with Crippen LogP contribution in [0.5, 0.6) is 0 Å². The van der Waals surface area contributed by atoms with Gasteiger partial charge in [0.1, 0.15) is 31.3 Å². The summed E-state index contributed by atoms with van der Waals surface area (Å²) in [6, 6.07) is 6.34. The summed E-state index contributed by atoms with van der Waals surface area (Å²) in [5, 5.41) is 15.2. The molecule has 0 bridgehead atoms. The van der Waals surface area contributed by atoms with Gasteiger partial charge in [-0.1, -0.05) is 0 Å². The zero-order chi connectivity index (χ0) is 20.4. The first kappa shape index (κ1) is 18.2. The Morgan fingerprint density at radius 1 is 1.07 bits per heavy atom. The number of amides is 1. The summed E-state index contributed by atoms with van der Waals surface area (Å²) in [7, 11) is 0. The highest BCUT2D eigenvalue weighted by atomic mass is 16.2. The Hall–Kier alpha value is -4.22. The number of nitrogens with one attached hydrogen (secondary N) is 1. The van der Waals surface area contributed by atoms with E-state index >= 15 is 0 Å². The molecule has 12 nitrogen and oxygen atoms in total. The zero-order valence-corrected chi connectivity index (χ0v) is 15.6. The first-order valence-corrected chi connectivity index (χ1v) is 8.58. The van der Waals surface area contributed by atoms with E-state index in [-0.39, 0.29) is 12.4 Å². The van der Waals surface area contributed by atoms with Gasteiger partial charge in [0.05, 0.1) is 5.69 Å². The molecule has 0 saturated heterocycles. The molecule has 0 spiro atoms. The van der Waals surface area contributed by atoms with Crippen molar-refractivity contribution in [2.45, 2.75) is 20.4 Å². The maximum Gasteiger partial charge on any atom is 0.267 e. The third kappa shape index (κ3) is 3.90. The second kappa shape index (κ2) is 7.42. The second-order valence-corrected chi connectivity index (χ2v) is 6.18. The van der Waals surface area contributed by atoms with Crippen LogP contribution in [0.3, 0.4) is 0 Å². The van der Waals surface area contributed by atoms with Crippen molar-refractivity contribution in [1.82, 2.24) is 44.3 Å². The Morgan fingerprint density at radius 3 is 2.66 bits per heavy atom. The molecule has 4 rings (SSSR count). The first-order valence-electron chi connectivity index (χ1n) is 8.58. The minimum Gasteiger partial charge on any atom is -0.309 e. The third-order valence-corrected chi connectivity index (χ3v) is 3.95. The number of anilines is 1. The van der Waals surface area contributed by atoms with Crippen LogP contribution in [0.15, 0.2) is 48.0 Å². The lowest BCUT2D eigenvalue weighted by atomic mass is 10.4. The van der Waals surface area contributed by atoms with Crippen LogP contribution >= 0.6 is 0 Å². The Morgan fingerprint density at radius 2 is 1.93 bits per heavy atom. The van der Waals surface area contributed by atoms with Crippen LogP contribution in [0.25, 0.3) is 11.6 Å². The quantitative estimate of drug-likeness (QED) is 0.503. The van der Waals surface area contributed by atoms with Crippen LogP contribution in [0.4, 0.5) is 5.82 Å². The molecule has 0 radical (unpaired) electrons. The number of nitrogens with zero attached hydrogens (tertiary/aromatic N) is 9. The highest BCUT2D eigenvalue weighted by Gasteiger charge is 2.11. The topological polar surface area (TPSA) is 138 Å². The van der Waals surface area contributed by atoms with Crippen molar-refractivity contribution in [2.24, 2.45) is 0 Å². The standard InChI is InChI=1S/C17H16N10O2/c1-11-5-12(2)27(23-11)14-3-4-17(29)25(24-14)7-16(28)22-13-6-15(20-9-19-13)26-10-18-8-21-26/h3-6,8-10H,7H2,1-2H3,(H,19,20,22,28). The van der Waals surface area contributed by atoms with Gasteiger partial charge in [-0.05, 0) is 26.0 Å². The molecule has 1 amide bonds. The average molecular weight is 392 g/mol. The Bertz CT molecular complexity index is 1230. The molecule has 1 N–H and O–H groups in total. The van der Waals surface area contributed by atoms with E-state index in [9.17, 15) is 9.59 Å². The normalized spacial score (nSPS) is 10.8. The van der Waals surface area contributed by atoms with Gasteiger partial charge in [0.2, 0.25) is 5.91 Å². The number of hydrogen-bond donors (Lipinski definition) is 1. The summed E-state index contributed by atoms with van der Waals surface area (Å²) < 4.78 is 4.11. The van der Waals surface area contributed by atoms with Crippen LogP contribution in [-0.4, -0.2) is 50.2 Å². The van der Waals surface area contributed by atoms with Gasteiger partial charge in [-0.25, -0.2) is 29.0 Å².